The Morgan fingerprint density at radius 1 is 1.18 bits per heavy atom. The Labute approximate surface area is 139 Å². The first kappa shape index (κ1) is 20.1. The van der Waals surface area contributed by atoms with Gasteiger partial charge in [-0.05, 0) is 38.6 Å². The fourth-order valence-corrected chi connectivity index (χ4v) is 1.78. The Morgan fingerprint density at radius 2 is 1.82 bits per heavy atom. The Morgan fingerprint density at radius 3 is 2.32 bits per heavy atom. The van der Waals surface area contributed by atoms with Gasteiger partial charge in [-0.15, -0.1) is 0 Å². The van der Waals surface area contributed by atoms with Gasteiger partial charge >= 0.3 is 0 Å². The minimum Gasteiger partial charge on any atom is -0.245 e. The monoisotopic (exact) mass is 316 g/mol. The lowest BCUT2D eigenvalue weighted by atomic mass is 10.1. The summed E-state index contributed by atoms with van der Waals surface area (Å²) in [5, 5.41) is 0.417. The minimum atomic E-state index is 0.417. The van der Waals surface area contributed by atoms with E-state index in [0.29, 0.717) is 11.0 Å². The number of nitrogens with zero attached hydrogens (tertiary/aromatic N) is 2. The van der Waals surface area contributed by atoms with Crippen molar-refractivity contribution in [3.8, 4) is 0 Å². The third kappa shape index (κ3) is 7.75. The van der Waals surface area contributed by atoms with Gasteiger partial charge in [-0.2, -0.15) is 0 Å². The van der Waals surface area contributed by atoms with Crippen LogP contribution in [0.1, 0.15) is 39.7 Å². The van der Waals surface area contributed by atoms with Crippen molar-refractivity contribution in [2.45, 2.75) is 34.1 Å². The van der Waals surface area contributed by atoms with Gasteiger partial charge in [0.2, 0.25) is 0 Å². The highest BCUT2D eigenvalue weighted by Crippen LogP contribution is 2.13. The van der Waals surface area contributed by atoms with Gasteiger partial charge in [-0.1, -0.05) is 74.0 Å². The fourth-order valence-electron chi connectivity index (χ4n) is 1.62. The summed E-state index contributed by atoms with van der Waals surface area (Å²) in [5.74, 6) is 0.528. The van der Waals surface area contributed by atoms with E-state index in [2.05, 4.69) is 16.7 Å². The molecule has 1 aromatic carbocycles. The third-order valence-electron chi connectivity index (χ3n) is 2.65. The van der Waals surface area contributed by atoms with E-state index in [9.17, 15) is 0 Å². The smallest absolute Gasteiger partial charge is 0.160 e. The zero-order valence-electron chi connectivity index (χ0n) is 13.9. The molecular formula is C19H25ClN2. The third-order valence-corrected chi connectivity index (χ3v) is 2.89. The van der Waals surface area contributed by atoms with Crippen LogP contribution in [0.2, 0.25) is 0 Å². The predicted octanol–water partition coefficient (Wildman–Crippen LogP) is 6.15. The molecule has 2 nitrogen and oxygen atoms in total. The molecule has 0 bridgehead atoms. The molecule has 0 saturated heterocycles. The van der Waals surface area contributed by atoms with Crippen LogP contribution in [0.5, 0.6) is 0 Å². The molecule has 22 heavy (non-hydrogen) atoms. The van der Waals surface area contributed by atoms with Crippen LogP contribution in [0.15, 0.2) is 75.4 Å². The largest absolute Gasteiger partial charge is 0.245 e. The van der Waals surface area contributed by atoms with Gasteiger partial charge in [-0.3, -0.25) is 0 Å². The van der Waals surface area contributed by atoms with Gasteiger partial charge in [0.1, 0.15) is 5.16 Å². The molecule has 0 unspecified atom stereocenters. The highest BCUT2D eigenvalue weighted by atomic mass is 35.5. The summed E-state index contributed by atoms with van der Waals surface area (Å²) >= 11 is 6.14. The number of benzene rings is 1. The van der Waals surface area contributed by atoms with Crippen LogP contribution in [0.3, 0.4) is 0 Å². The minimum absolute atomic E-state index is 0.417. The summed E-state index contributed by atoms with van der Waals surface area (Å²) < 4.78 is 0. The molecule has 0 atom stereocenters. The quantitative estimate of drug-likeness (QED) is 0.269. The molecular weight excluding hydrogens is 292 g/mol. The van der Waals surface area contributed by atoms with Crippen molar-refractivity contribution in [2.24, 2.45) is 9.98 Å². The second-order valence-corrected chi connectivity index (χ2v) is 4.44. The summed E-state index contributed by atoms with van der Waals surface area (Å²) in [7, 11) is 0. The van der Waals surface area contributed by atoms with E-state index in [1.54, 1.807) is 0 Å². The van der Waals surface area contributed by atoms with Crippen molar-refractivity contribution in [3.63, 3.8) is 0 Å². The van der Waals surface area contributed by atoms with E-state index in [1.807, 2.05) is 82.3 Å². The average molecular weight is 317 g/mol. The molecule has 0 spiro atoms. The van der Waals surface area contributed by atoms with Crippen LogP contribution in [0.4, 0.5) is 0 Å². The zero-order chi connectivity index (χ0) is 16.8. The molecule has 1 rings (SSSR count). The number of halogens is 1. The SMILES string of the molecule is C=N/C(=N\C(Cl)=C/CC(/C=C\C)=C/C)c1ccccc1.CC. The maximum Gasteiger partial charge on any atom is 0.160 e. The van der Waals surface area contributed by atoms with Crippen LogP contribution in [0, 0.1) is 0 Å². The van der Waals surface area contributed by atoms with Gasteiger partial charge in [0.05, 0.1) is 0 Å². The molecule has 1 aromatic rings. The van der Waals surface area contributed by atoms with Crippen molar-refractivity contribution in [1.29, 1.82) is 0 Å². The standard InChI is InChI=1S/C17H19ClN2.C2H6/c1-4-9-14(5-2)12-13-16(18)20-17(19-3)15-10-7-6-8-11-15;1-2/h4-11,13H,3,12H2,1-2H3;1-2H3/b9-4-,14-5+,16-13-,20-17-;. The molecule has 0 N–H and O–H groups in total. The molecule has 0 aliphatic carbocycles. The summed E-state index contributed by atoms with van der Waals surface area (Å²) in [5.41, 5.74) is 2.09. The van der Waals surface area contributed by atoms with Crippen molar-refractivity contribution < 1.29 is 0 Å². The zero-order valence-corrected chi connectivity index (χ0v) is 14.6. The summed E-state index contributed by atoms with van der Waals surface area (Å²) in [6.45, 7) is 11.5. The Balaban J connectivity index is 0.00000211. The molecule has 0 saturated carbocycles. The molecule has 0 aliphatic heterocycles. The highest BCUT2D eigenvalue weighted by Gasteiger charge is 2.00. The number of hydrogen-bond acceptors (Lipinski definition) is 1. The first-order valence-electron chi connectivity index (χ1n) is 7.45. The van der Waals surface area contributed by atoms with E-state index in [4.69, 9.17) is 11.6 Å². The second kappa shape index (κ2) is 12.8. The molecule has 3 heteroatoms. The summed E-state index contributed by atoms with van der Waals surface area (Å²) in [4.78, 5) is 8.22. The lowest BCUT2D eigenvalue weighted by Gasteiger charge is -2.00. The Hall–Kier alpha value is -1.93. The van der Waals surface area contributed by atoms with Crippen LogP contribution < -0.4 is 0 Å². The maximum absolute atomic E-state index is 6.14. The maximum atomic E-state index is 6.14. The van der Waals surface area contributed by atoms with Crippen molar-refractivity contribution in [2.75, 3.05) is 0 Å². The van der Waals surface area contributed by atoms with Gasteiger partial charge < -0.3 is 0 Å². The summed E-state index contributed by atoms with van der Waals surface area (Å²) in [6, 6.07) is 9.65. The van der Waals surface area contributed by atoms with Crippen LogP contribution in [-0.4, -0.2) is 12.6 Å². The van der Waals surface area contributed by atoms with Crippen LogP contribution in [0.25, 0.3) is 0 Å². The highest BCUT2D eigenvalue weighted by molar-refractivity contribution is 6.30. The first-order chi connectivity index (χ1) is 10.7. The number of allylic oxidation sites excluding steroid dienone is 5. The first-order valence-corrected chi connectivity index (χ1v) is 7.83. The number of rotatable bonds is 5. The summed E-state index contributed by atoms with van der Waals surface area (Å²) in [6.07, 6.45) is 8.71. The van der Waals surface area contributed by atoms with Crippen LogP contribution in [-0.2, 0) is 0 Å². The number of aliphatic imine (C=N–C) groups is 2. The van der Waals surface area contributed by atoms with E-state index < -0.39 is 0 Å². The topological polar surface area (TPSA) is 24.7 Å². The Bertz CT molecular complexity index is 552. The van der Waals surface area contributed by atoms with E-state index in [-0.39, 0.29) is 0 Å². The van der Waals surface area contributed by atoms with Gasteiger partial charge in [0.25, 0.3) is 0 Å². The average Bonchev–Trinajstić information content (AvgIpc) is 2.59. The molecule has 118 valence electrons. The lowest BCUT2D eigenvalue weighted by molar-refractivity contribution is 1.24. The van der Waals surface area contributed by atoms with E-state index in [1.165, 1.54) is 5.57 Å². The molecule has 0 radical (unpaired) electrons. The van der Waals surface area contributed by atoms with Gasteiger partial charge in [-0.25, -0.2) is 9.98 Å². The van der Waals surface area contributed by atoms with Crippen molar-refractivity contribution >= 4 is 24.2 Å². The van der Waals surface area contributed by atoms with Crippen LogP contribution >= 0.6 is 11.6 Å². The van der Waals surface area contributed by atoms with Crippen molar-refractivity contribution in [3.05, 3.63) is 70.9 Å². The van der Waals surface area contributed by atoms with E-state index in [0.717, 1.165) is 12.0 Å². The lowest BCUT2D eigenvalue weighted by Crippen LogP contribution is -1.95. The predicted molar refractivity (Wildman–Crippen MR) is 101 cm³/mol. The Kier molecular flexibility index (Phi) is 11.7. The molecule has 0 fully saturated rings. The fraction of sp³-hybridized carbons (Fsp3) is 0.263. The van der Waals surface area contributed by atoms with E-state index >= 15 is 0 Å². The van der Waals surface area contributed by atoms with Gasteiger partial charge in [0.15, 0.2) is 5.84 Å². The molecule has 0 aliphatic rings. The normalized spacial score (nSPS) is 12.9. The number of hydrogen-bond donors (Lipinski definition) is 0. The molecule has 0 aromatic heterocycles. The molecule has 0 heterocycles. The second-order valence-electron chi connectivity index (χ2n) is 4.05. The molecule has 0 amide bonds. The van der Waals surface area contributed by atoms with Gasteiger partial charge in [0, 0.05) is 5.56 Å². The van der Waals surface area contributed by atoms with Crippen molar-refractivity contribution in [1.82, 2.24) is 0 Å². The number of amidine groups is 1.